The van der Waals surface area contributed by atoms with Crippen LogP contribution in [0.25, 0.3) is 0 Å². The molecule has 0 spiro atoms. The van der Waals surface area contributed by atoms with Crippen LogP contribution in [0.3, 0.4) is 0 Å². The summed E-state index contributed by atoms with van der Waals surface area (Å²) in [6, 6.07) is 7.52. The van der Waals surface area contributed by atoms with Gasteiger partial charge in [-0.05, 0) is 17.7 Å². The number of hydrogen-bond donors (Lipinski definition) is 1. The molecule has 1 atom stereocenters. The van der Waals surface area contributed by atoms with Crippen molar-refractivity contribution in [2.45, 2.75) is 10.4 Å². The molecule has 1 N–H and O–H groups in total. The molecule has 1 aromatic carbocycles. The lowest BCUT2D eigenvalue weighted by Crippen LogP contribution is -2.11. The molecule has 5 nitrogen and oxygen atoms in total. The molecule has 1 aromatic heterocycles. The number of carbonyl (C=O) groups is 1. The third-order valence-corrected chi connectivity index (χ3v) is 3.80. The van der Waals surface area contributed by atoms with Crippen molar-refractivity contribution in [2.75, 3.05) is 7.11 Å². The summed E-state index contributed by atoms with van der Waals surface area (Å²) in [5, 5.41) is 6.57. The summed E-state index contributed by atoms with van der Waals surface area (Å²) in [5.41, 5.74) is 0.845. The molecule has 0 fully saturated rings. The highest BCUT2D eigenvalue weighted by molar-refractivity contribution is 9.10. The van der Waals surface area contributed by atoms with E-state index in [2.05, 4.69) is 31.1 Å². The number of benzene rings is 1. The number of hydrogen-bond acceptors (Lipinski definition) is 5. The number of esters is 1. The van der Waals surface area contributed by atoms with Crippen LogP contribution in [0.15, 0.2) is 40.2 Å². The number of halogens is 1. The molecule has 0 radical (unpaired) electrons. The van der Waals surface area contributed by atoms with Crippen LogP contribution in [0.1, 0.15) is 10.8 Å². The Balaban J connectivity index is 2.28. The van der Waals surface area contributed by atoms with Crippen molar-refractivity contribution in [1.82, 2.24) is 15.2 Å². The monoisotopic (exact) mass is 327 g/mol. The van der Waals surface area contributed by atoms with Crippen molar-refractivity contribution in [1.29, 1.82) is 0 Å². The predicted molar refractivity (Wildman–Crippen MR) is 71.1 cm³/mol. The highest BCUT2D eigenvalue weighted by Gasteiger charge is 2.24. The topological polar surface area (TPSA) is 67.9 Å². The zero-order valence-electron chi connectivity index (χ0n) is 9.46. The summed E-state index contributed by atoms with van der Waals surface area (Å²) in [7, 11) is 1.37. The number of methoxy groups -OCH3 is 1. The SMILES string of the molecule is COC(=O)[C@@H](Sc1ncn[nH]1)c1cccc(Br)c1. The maximum Gasteiger partial charge on any atom is 0.323 e. The van der Waals surface area contributed by atoms with E-state index in [9.17, 15) is 4.79 Å². The minimum absolute atomic E-state index is 0.325. The molecule has 0 unspecified atom stereocenters. The van der Waals surface area contributed by atoms with Crippen molar-refractivity contribution in [3.63, 3.8) is 0 Å². The lowest BCUT2D eigenvalue weighted by molar-refractivity contribution is -0.140. The fourth-order valence-corrected chi connectivity index (χ4v) is 2.72. The summed E-state index contributed by atoms with van der Waals surface area (Å²) < 4.78 is 5.73. The molecule has 7 heteroatoms. The highest BCUT2D eigenvalue weighted by Crippen LogP contribution is 2.34. The van der Waals surface area contributed by atoms with Crippen LogP contribution in [0.2, 0.25) is 0 Å². The Labute approximate surface area is 116 Å². The van der Waals surface area contributed by atoms with E-state index in [0.29, 0.717) is 5.16 Å². The first-order valence-corrected chi connectivity index (χ1v) is 6.73. The molecule has 94 valence electrons. The van der Waals surface area contributed by atoms with E-state index in [-0.39, 0.29) is 5.97 Å². The number of rotatable bonds is 4. The molecule has 2 rings (SSSR count). The van der Waals surface area contributed by atoms with Crippen LogP contribution < -0.4 is 0 Å². The van der Waals surface area contributed by atoms with Crippen LogP contribution in [0.5, 0.6) is 0 Å². The van der Waals surface area contributed by atoms with Gasteiger partial charge in [-0.2, -0.15) is 5.10 Å². The Morgan fingerprint density at radius 2 is 2.39 bits per heavy atom. The smallest absolute Gasteiger partial charge is 0.323 e. The van der Waals surface area contributed by atoms with Crippen LogP contribution in [0.4, 0.5) is 0 Å². The third-order valence-electron chi connectivity index (χ3n) is 2.19. The van der Waals surface area contributed by atoms with E-state index in [4.69, 9.17) is 4.74 Å². The Morgan fingerprint density at radius 3 is 3.00 bits per heavy atom. The van der Waals surface area contributed by atoms with Gasteiger partial charge in [0, 0.05) is 4.47 Å². The van der Waals surface area contributed by atoms with Gasteiger partial charge in [0.1, 0.15) is 11.6 Å². The molecule has 0 aliphatic rings. The molecule has 0 aliphatic carbocycles. The average molecular weight is 328 g/mol. The van der Waals surface area contributed by atoms with Gasteiger partial charge in [-0.25, -0.2) is 4.98 Å². The van der Waals surface area contributed by atoms with E-state index in [1.54, 1.807) is 0 Å². The first-order valence-electron chi connectivity index (χ1n) is 5.06. The molecule has 18 heavy (non-hydrogen) atoms. The van der Waals surface area contributed by atoms with Crippen molar-refractivity contribution in [3.05, 3.63) is 40.6 Å². The first-order chi connectivity index (χ1) is 8.70. The van der Waals surface area contributed by atoms with Gasteiger partial charge < -0.3 is 4.74 Å². The fraction of sp³-hybridized carbons (Fsp3) is 0.182. The second-order valence-corrected chi connectivity index (χ2v) is 5.38. The number of ether oxygens (including phenoxy) is 1. The number of aromatic nitrogens is 3. The number of nitrogens with one attached hydrogen (secondary N) is 1. The largest absolute Gasteiger partial charge is 0.468 e. The van der Waals surface area contributed by atoms with Gasteiger partial charge in [0.15, 0.2) is 5.16 Å². The third kappa shape index (κ3) is 3.11. The summed E-state index contributed by atoms with van der Waals surface area (Å²) in [6.07, 6.45) is 1.40. The molecule has 1 heterocycles. The molecule has 0 bridgehead atoms. The Morgan fingerprint density at radius 1 is 1.56 bits per heavy atom. The van der Waals surface area contributed by atoms with E-state index in [0.717, 1.165) is 10.0 Å². The van der Waals surface area contributed by atoms with Crippen LogP contribution in [-0.2, 0) is 9.53 Å². The zero-order valence-corrected chi connectivity index (χ0v) is 11.9. The average Bonchev–Trinajstić information content (AvgIpc) is 2.88. The first kappa shape index (κ1) is 13.1. The summed E-state index contributed by atoms with van der Waals surface area (Å²) in [6.45, 7) is 0. The number of carbonyl (C=O) groups excluding carboxylic acids is 1. The van der Waals surface area contributed by atoms with Crippen LogP contribution in [0, 0.1) is 0 Å². The number of aromatic amines is 1. The van der Waals surface area contributed by atoms with Gasteiger partial charge >= 0.3 is 5.97 Å². The number of thioether (sulfide) groups is 1. The maximum atomic E-state index is 11.8. The molecule has 0 saturated heterocycles. The second-order valence-electron chi connectivity index (χ2n) is 3.37. The van der Waals surface area contributed by atoms with E-state index in [1.807, 2.05) is 24.3 Å². The van der Waals surface area contributed by atoms with Crippen LogP contribution in [-0.4, -0.2) is 28.3 Å². The van der Waals surface area contributed by atoms with Gasteiger partial charge in [-0.3, -0.25) is 9.89 Å². The highest BCUT2D eigenvalue weighted by atomic mass is 79.9. The van der Waals surface area contributed by atoms with Crippen LogP contribution >= 0.6 is 27.7 Å². The molecule has 2 aromatic rings. The lowest BCUT2D eigenvalue weighted by atomic mass is 10.1. The molecule has 0 aliphatic heterocycles. The minimum Gasteiger partial charge on any atom is -0.468 e. The van der Waals surface area contributed by atoms with Crippen molar-refractivity contribution in [3.8, 4) is 0 Å². The van der Waals surface area contributed by atoms with E-state index < -0.39 is 5.25 Å². The quantitative estimate of drug-likeness (QED) is 0.690. The lowest BCUT2D eigenvalue weighted by Gasteiger charge is -2.13. The molecular formula is C11H10BrN3O2S. The van der Waals surface area contributed by atoms with Gasteiger partial charge in [0.2, 0.25) is 0 Å². The minimum atomic E-state index is -0.472. The summed E-state index contributed by atoms with van der Waals surface area (Å²) >= 11 is 4.65. The summed E-state index contributed by atoms with van der Waals surface area (Å²) in [5.74, 6) is -0.325. The van der Waals surface area contributed by atoms with Gasteiger partial charge in [0.05, 0.1) is 7.11 Å². The molecular weight excluding hydrogens is 318 g/mol. The standard InChI is InChI=1S/C11H10BrN3O2S/c1-17-10(16)9(18-11-13-6-14-15-11)7-3-2-4-8(12)5-7/h2-6,9H,1H3,(H,13,14,15)/t9-/m0/s1. The van der Waals surface area contributed by atoms with E-state index >= 15 is 0 Å². The van der Waals surface area contributed by atoms with Crippen molar-refractivity contribution < 1.29 is 9.53 Å². The Bertz CT molecular complexity index is 533. The predicted octanol–water partition coefficient (Wildman–Crippen LogP) is 2.57. The molecule has 0 amide bonds. The van der Waals surface area contributed by atoms with Crippen molar-refractivity contribution >= 4 is 33.7 Å². The van der Waals surface area contributed by atoms with E-state index in [1.165, 1.54) is 25.2 Å². The fourth-order valence-electron chi connectivity index (χ4n) is 1.39. The Hall–Kier alpha value is -1.34. The second kappa shape index (κ2) is 6.01. The van der Waals surface area contributed by atoms with Gasteiger partial charge in [0.25, 0.3) is 0 Å². The van der Waals surface area contributed by atoms with Gasteiger partial charge in [-0.15, -0.1) is 0 Å². The number of H-pyrrole nitrogens is 1. The number of nitrogens with zero attached hydrogens (tertiary/aromatic N) is 2. The van der Waals surface area contributed by atoms with Crippen molar-refractivity contribution in [2.24, 2.45) is 0 Å². The molecule has 0 saturated carbocycles. The summed E-state index contributed by atoms with van der Waals surface area (Å²) in [4.78, 5) is 15.8. The Kier molecular flexibility index (Phi) is 4.38. The van der Waals surface area contributed by atoms with Gasteiger partial charge in [-0.1, -0.05) is 39.8 Å². The maximum absolute atomic E-state index is 11.8. The normalized spacial score (nSPS) is 12.1. The zero-order chi connectivity index (χ0) is 13.0.